The fraction of sp³-hybridized carbons (Fsp3) is 0.321. The predicted molar refractivity (Wildman–Crippen MR) is 144 cm³/mol. The Morgan fingerprint density at radius 3 is 1.88 bits per heavy atom. The van der Waals surface area contributed by atoms with Gasteiger partial charge in [-0.25, -0.2) is 0 Å². The van der Waals surface area contributed by atoms with Crippen molar-refractivity contribution in [3.63, 3.8) is 0 Å². The summed E-state index contributed by atoms with van der Waals surface area (Å²) in [7, 11) is 0.328. The van der Waals surface area contributed by atoms with Crippen LogP contribution in [0.15, 0.2) is 95.0 Å². The van der Waals surface area contributed by atoms with E-state index in [1.807, 2.05) is 36.4 Å². The number of halogens is 1. The number of carbonyl (C=O) groups excluding carboxylic acids is 1. The van der Waals surface area contributed by atoms with E-state index in [0.717, 1.165) is 10.4 Å². The maximum atomic E-state index is 13.1. The molecular weight excluding hydrogens is 508 g/mol. The van der Waals surface area contributed by atoms with Crippen LogP contribution in [0.4, 0.5) is 0 Å². The van der Waals surface area contributed by atoms with Gasteiger partial charge in [-0.05, 0) is 43.8 Å². The van der Waals surface area contributed by atoms with E-state index in [9.17, 15) is 4.79 Å². The fourth-order valence-corrected chi connectivity index (χ4v) is 9.84. The molecule has 0 saturated carbocycles. The van der Waals surface area contributed by atoms with Crippen molar-refractivity contribution in [3.8, 4) is 0 Å². The molecule has 1 aliphatic rings. The molecule has 2 aromatic rings. The van der Waals surface area contributed by atoms with Crippen LogP contribution in [0.5, 0.6) is 0 Å². The van der Waals surface area contributed by atoms with Crippen molar-refractivity contribution < 1.29 is 18.7 Å². The monoisotopic (exact) mass is 540 g/mol. The van der Waals surface area contributed by atoms with Crippen LogP contribution in [0.1, 0.15) is 27.2 Å². The minimum atomic E-state index is -2.82. The van der Waals surface area contributed by atoms with Gasteiger partial charge >= 0.3 is 0 Å². The van der Waals surface area contributed by atoms with Gasteiger partial charge in [0.25, 0.3) is 8.32 Å². The highest BCUT2D eigenvalue weighted by Crippen LogP contribution is 2.41. The van der Waals surface area contributed by atoms with Gasteiger partial charge in [0.2, 0.25) is 5.79 Å². The molecule has 0 aromatic heterocycles. The second-order valence-corrected chi connectivity index (χ2v) is 14.4. The van der Waals surface area contributed by atoms with Crippen molar-refractivity contribution in [1.29, 1.82) is 0 Å². The first-order valence-electron chi connectivity index (χ1n) is 11.3. The third-order valence-corrected chi connectivity index (χ3v) is 12.2. The number of Topliss-reactive ketones (excluding diaryl/α,β-unsaturated/α-hetero) is 1. The molecule has 3 rings (SSSR count). The van der Waals surface area contributed by atoms with E-state index in [1.165, 1.54) is 0 Å². The number of allylic oxidation sites excluding steroid dienone is 3. The maximum absolute atomic E-state index is 13.1. The van der Waals surface area contributed by atoms with Gasteiger partial charge in [-0.2, -0.15) is 0 Å². The van der Waals surface area contributed by atoms with Crippen LogP contribution >= 0.6 is 15.9 Å². The van der Waals surface area contributed by atoms with Gasteiger partial charge in [-0.1, -0.05) is 87.5 Å². The van der Waals surface area contributed by atoms with E-state index in [1.54, 1.807) is 26.4 Å². The molecule has 180 valence electrons. The molecule has 0 N–H and O–H groups in total. The molecule has 0 aliphatic heterocycles. The Kier molecular flexibility index (Phi) is 8.32. The third kappa shape index (κ3) is 4.70. The number of ether oxygens (including phenoxy) is 2. The van der Waals surface area contributed by atoms with E-state index in [-0.39, 0.29) is 17.4 Å². The zero-order valence-electron chi connectivity index (χ0n) is 20.6. The second kappa shape index (κ2) is 10.7. The molecular formula is C28H33BrO4Si. The summed E-state index contributed by atoms with van der Waals surface area (Å²) in [4.78, 5) is 13.1. The van der Waals surface area contributed by atoms with Crippen LogP contribution in [0.3, 0.4) is 0 Å². The Balaban J connectivity index is 2.16. The molecule has 0 spiro atoms. The molecule has 2 aromatic carbocycles. The summed E-state index contributed by atoms with van der Waals surface area (Å²) in [6.45, 7) is 10.6. The minimum Gasteiger partial charge on any atom is -0.403 e. The number of hydrogen-bond acceptors (Lipinski definition) is 4. The molecule has 0 bridgehead atoms. The van der Waals surface area contributed by atoms with Gasteiger partial charge in [-0.3, -0.25) is 4.79 Å². The Bertz CT molecular complexity index is 1040. The highest BCUT2D eigenvalue weighted by Gasteiger charge is 2.51. The van der Waals surface area contributed by atoms with Crippen molar-refractivity contribution in [2.75, 3.05) is 20.8 Å². The van der Waals surface area contributed by atoms with Gasteiger partial charge in [0.15, 0.2) is 5.78 Å². The smallest absolute Gasteiger partial charge is 0.261 e. The first-order valence-corrected chi connectivity index (χ1v) is 14.0. The first kappa shape index (κ1) is 26.5. The van der Waals surface area contributed by atoms with Crippen molar-refractivity contribution in [3.05, 3.63) is 95.0 Å². The highest BCUT2D eigenvalue weighted by atomic mass is 79.9. The van der Waals surface area contributed by atoms with Crippen LogP contribution < -0.4 is 10.4 Å². The number of rotatable bonds is 9. The predicted octanol–water partition coefficient (Wildman–Crippen LogP) is 5.29. The SMILES string of the molecule is C=CCC1=CC(OC)(OC)C(CO[Si](c2ccccc2)(c2ccccc2)C(C)(C)C)=C(Br)C1=O. The molecule has 0 radical (unpaired) electrons. The molecule has 1 aliphatic carbocycles. The number of carbonyl (C=O) groups is 1. The van der Waals surface area contributed by atoms with E-state index in [4.69, 9.17) is 13.9 Å². The zero-order valence-corrected chi connectivity index (χ0v) is 23.1. The second-order valence-electron chi connectivity index (χ2n) is 9.31. The van der Waals surface area contributed by atoms with Crippen molar-refractivity contribution in [2.45, 2.75) is 38.0 Å². The molecule has 34 heavy (non-hydrogen) atoms. The molecule has 0 unspecified atom stereocenters. The van der Waals surface area contributed by atoms with Crippen molar-refractivity contribution in [2.24, 2.45) is 0 Å². The quantitative estimate of drug-likeness (QED) is 0.246. The number of hydrogen-bond donors (Lipinski definition) is 0. The molecule has 0 amide bonds. The van der Waals surface area contributed by atoms with Crippen LogP contribution in [0, 0.1) is 0 Å². The van der Waals surface area contributed by atoms with E-state index in [2.05, 4.69) is 67.5 Å². The van der Waals surface area contributed by atoms with Crippen molar-refractivity contribution in [1.82, 2.24) is 0 Å². The maximum Gasteiger partial charge on any atom is 0.261 e. The molecule has 4 nitrogen and oxygen atoms in total. The topological polar surface area (TPSA) is 44.8 Å². The van der Waals surface area contributed by atoms with Gasteiger partial charge in [-0.15, -0.1) is 6.58 Å². The Hall–Kier alpha value is -2.09. The van der Waals surface area contributed by atoms with E-state index < -0.39 is 14.1 Å². The fourth-order valence-electron chi connectivity index (χ4n) is 4.67. The number of benzene rings is 2. The number of methoxy groups -OCH3 is 2. The standard InChI is InChI=1S/C28H33BrO4Si/c1-7-14-21-19-28(31-5,32-6)24(25(29)26(21)30)20-33-34(27(2,3)4,22-15-10-8-11-16-22)23-17-12-9-13-18-23/h7-13,15-19H,1,14,20H2,2-6H3. The average molecular weight is 542 g/mol. The summed E-state index contributed by atoms with van der Waals surface area (Å²) in [5.74, 6) is -1.32. The van der Waals surface area contributed by atoms with Gasteiger partial charge in [0, 0.05) is 25.4 Å². The lowest BCUT2D eigenvalue weighted by Gasteiger charge is -2.44. The van der Waals surface area contributed by atoms with Crippen molar-refractivity contribution >= 4 is 40.4 Å². The first-order chi connectivity index (χ1) is 16.2. The zero-order chi connectivity index (χ0) is 25.0. The van der Waals surface area contributed by atoms with Crippen LogP contribution in [-0.4, -0.2) is 40.7 Å². The third-order valence-electron chi connectivity index (χ3n) is 6.36. The molecule has 0 saturated heterocycles. The van der Waals surface area contributed by atoms with E-state index in [0.29, 0.717) is 22.0 Å². The van der Waals surface area contributed by atoms with Crippen LogP contribution in [0.2, 0.25) is 5.04 Å². The Morgan fingerprint density at radius 2 is 1.47 bits per heavy atom. The largest absolute Gasteiger partial charge is 0.403 e. The summed E-state index contributed by atoms with van der Waals surface area (Å²) in [6.07, 6.45) is 3.86. The molecule has 0 fully saturated rings. The van der Waals surface area contributed by atoms with E-state index >= 15 is 0 Å². The number of ketones is 1. The summed E-state index contributed by atoms with van der Waals surface area (Å²) in [5.41, 5.74) is 1.18. The summed E-state index contributed by atoms with van der Waals surface area (Å²) in [6, 6.07) is 20.8. The molecule has 0 atom stereocenters. The molecule has 0 heterocycles. The lowest BCUT2D eigenvalue weighted by molar-refractivity contribution is -0.148. The van der Waals surface area contributed by atoms with Gasteiger partial charge in [0.1, 0.15) is 0 Å². The van der Waals surface area contributed by atoms with Gasteiger partial charge < -0.3 is 13.9 Å². The summed E-state index contributed by atoms with van der Waals surface area (Å²) >= 11 is 3.55. The highest BCUT2D eigenvalue weighted by molar-refractivity contribution is 9.12. The van der Waals surface area contributed by atoms with Gasteiger partial charge in [0.05, 0.1) is 11.1 Å². The molecule has 6 heteroatoms. The Labute approximate surface area is 212 Å². The average Bonchev–Trinajstić information content (AvgIpc) is 2.84. The summed E-state index contributed by atoms with van der Waals surface area (Å²) < 4.78 is 19.2. The Morgan fingerprint density at radius 1 is 0.971 bits per heavy atom. The minimum absolute atomic E-state index is 0.106. The van der Waals surface area contributed by atoms with Crippen LogP contribution in [-0.2, 0) is 18.7 Å². The normalized spacial score (nSPS) is 16.4. The van der Waals surface area contributed by atoms with Crippen LogP contribution in [0.25, 0.3) is 0 Å². The lowest BCUT2D eigenvalue weighted by Crippen LogP contribution is -2.67. The summed E-state index contributed by atoms with van der Waals surface area (Å²) in [5, 5.41) is 2.13. The lowest BCUT2D eigenvalue weighted by atomic mass is 9.91.